The number of carbonyl (C=O) groups excluding carboxylic acids is 1. The fourth-order valence-corrected chi connectivity index (χ4v) is 2.70. The number of ether oxygens (including phenoxy) is 2. The van der Waals surface area contributed by atoms with E-state index in [0.717, 1.165) is 41.7 Å². The van der Waals surface area contributed by atoms with E-state index in [9.17, 15) is 4.79 Å². The number of hydrogen-bond acceptors (Lipinski definition) is 4. The van der Waals surface area contributed by atoms with E-state index in [1.165, 1.54) is 6.08 Å². The highest BCUT2D eigenvalue weighted by Crippen LogP contribution is 2.23. The van der Waals surface area contributed by atoms with Crippen molar-refractivity contribution in [3.8, 4) is 16.9 Å². The molecular weight excluding hydrogens is 330 g/mol. The molecule has 0 spiro atoms. The SMILES string of the molecule is COc1ccc(-c2ccc(/C=C/C(=O)NOC3CCCCO3)cc2)cc1. The summed E-state index contributed by atoms with van der Waals surface area (Å²) in [5, 5.41) is 0. The van der Waals surface area contributed by atoms with E-state index in [0.29, 0.717) is 6.61 Å². The van der Waals surface area contributed by atoms with Gasteiger partial charge in [-0.2, -0.15) is 0 Å². The summed E-state index contributed by atoms with van der Waals surface area (Å²) in [5.41, 5.74) is 5.56. The van der Waals surface area contributed by atoms with Crippen molar-refractivity contribution in [2.45, 2.75) is 25.6 Å². The number of methoxy groups -OCH3 is 1. The van der Waals surface area contributed by atoms with Crippen molar-refractivity contribution in [1.29, 1.82) is 0 Å². The van der Waals surface area contributed by atoms with Gasteiger partial charge in [0.15, 0.2) is 6.29 Å². The number of nitrogens with one attached hydrogen (secondary N) is 1. The number of hydrogen-bond donors (Lipinski definition) is 1. The first-order chi connectivity index (χ1) is 12.7. The Hall–Kier alpha value is -2.63. The van der Waals surface area contributed by atoms with E-state index >= 15 is 0 Å². The van der Waals surface area contributed by atoms with Crippen molar-refractivity contribution in [2.24, 2.45) is 0 Å². The van der Waals surface area contributed by atoms with Gasteiger partial charge in [0.1, 0.15) is 5.75 Å². The van der Waals surface area contributed by atoms with E-state index in [1.54, 1.807) is 13.2 Å². The molecule has 1 aliphatic heterocycles. The van der Waals surface area contributed by atoms with Crippen molar-refractivity contribution in [2.75, 3.05) is 13.7 Å². The molecular formula is C21H23NO4. The number of benzene rings is 2. The predicted octanol–water partition coefficient (Wildman–Crippen LogP) is 3.95. The van der Waals surface area contributed by atoms with Crippen molar-refractivity contribution in [1.82, 2.24) is 5.48 Å². The molecule has 2 aromatic carbocycles. The molecule has 0 radical (unpaired) electrons. The van der Waals surface area contributed by atoms with E-state index in [-0.39, 0.29) is 12.2 Å². The average molecular weight is 353 g/mol. The van der Waals surface area contributed by atoms with Crippen LogP contribution in [0.15, 0.2) is 54.6 Å². The van der Waals surface area contributed by atoms with Crippen LogP contribution in [0.5, 0.6) is 5.75 Å². The van der Waals surface area contributed by atoms with Gasteiger partial charge in [-0.1, -0.05) is 36.4 Å². The molecule has 26 heavy (non-hydrogen) atoms. The Morgan fingerprint density at radius 3 is 2.38 bits per heavy atom. The molecule has 5 heteroatoms. The summed E-state index contributed by atoms with van der Waals surface area (Å²) in [6, 6.07) is 15.9. The van der Waals surface area contributed by atoms with Gasteiger partial charge in [-0.15, -0.1) is 0 Å². The molecule has 0 saturated carbocycles. The molecule has 1 fully saturated rings. The summed E-state index contributed by atoms with van der Waals surface area (Å²) >= 11 is 0. The zero-order valence-corrected chi connectivity index (χ0v) is 14.8. The van der Waals surface area contributed by atoms with Crippen LogP contribution in [0, 0.1) is 0 Å². The molecule has 1 heterocycles. The van der Waals surface area contributed by atoms with Crippen LogP contribution in [-0.4, -0.2) is 25.9 Å². The lowest BCUT2D eigenvalue weighted by molar-refractivity contribution is -0.198. The van der Waals surface area contributed by atoms with Gasteiger partial charge in [0, 0.05) is 19.1 Å². The van der Waals surface area contributed by atoms with Crippen molar-refractivity contribution in [3.63, 3.8) is 0 Å². The van der Waals surface area contributed by atoms with E-state index in [4.69, 9.17) is 14.3 Å². The lowest BCUT2D eigenvalue weighted by atomic mass is 10.0. The largest absolute Gasteiger partial charge is 0.497 e. The third-order valence-electron chi connectivity index (χ3n) is 4.19. The zero-order valence-electron chi connectivity index (χ0n) is 14.8. The molecule has 0 aliphatic carbocycles. The van der Waals surface area contributed by atoms with Crippen LogP contribution in [0.25, 0.3) is 17.2 Å². The summed E-state index contributed by atoms with van der Waals surface area (Å²) in [7, 11) is 1.65. The van der Waals surface area contributed by atoms with Gasteiger partial charge in [-0.05, 0) is 47.7 Å². The highest BCUT2D eigenvalue weighted by molar-refractivity contribution is 5.91. The minimum absolute atomic E-state index is 0.307. The second-order valence-electron chi connectivity index (χ2n) is 6.06. The highest BCUT2D eigenvalue weighted by Gasteiger charge is 2.14. The maximum Gasteiger partial charge on any atom is 0.267 e. The Kier molecular flexibility index (Phi) is 6.41. The molecule has 1 N–H and O–H groups in total. The maximum atomic E-state index is 11.8. The Balaban J connectivity index is 1.52. The molecule has 1 aliphatic rings. The first-order valence-electron chi connectivity index (χ1n) is 8.74. The Labute approximate surface area is 153 Å². The van der Waals surface area contributed by atoms with Crippen molar-refractivity contribution in [3.05, 3.63) is 60.2 Å². The highest BCUT2D eigenvalue weighted by atomic mass is 16.8. The summed E-state index contributed by atoms with van der Waals surface area (Å²) in [6.07, 6.45) is 5.75. The van der Waals surface area contributed by atoms with Gasteiger partial charge in [-0.3, -0.25) is 4.79 Å². The molecule has 1 unspecified atom stereocenters. The number of rotatable bonds is 6. The van der Waals surface area contributed by atoms with Crippen LogP contribution in [-0.2, 0) is 14.4 Å². The van der Waals surface area contributed by atoms with Crippen LogP contribution in [0.2, 0.25) is 0 Å². The topological polar surface area (TPSA) is 56.8 Å². The molecule has 2 aromatic rings. The first kappa shape index (κ1) is 18.2. The zero-order chi connectivity index (χ0) is 18.2. The molecule has 1 amide bonds. The lowest BCUT2D eigenvalue weighted by Gasteiger charge is -2.21. The monoisotopic (exact) mass is 353 g/mol. The molecule has 3 rings (SSSR count). The van der Waals surface area contributed by atoms with Crippen LogP contribution < -0.4 is 10.2 Å². The lowest BCUT2D eigenvalue weighted by Crippen LogP contribution is -2.32. The number of carbonyl (C=O) groups is 1. The second kappa shape index (κ2) is 9.17. The quantitative estimate of drug-likeness (QED) is 0.631. The van der Waals surface area contributed by atoms with E-state index in [1.807, 2.05) is 48.5 Å². The number of amides is 1. The Morgan fingerprint density at radius 1 is 1.08 bits per heavy atom. The van der Waals surface area contributed by atoms with Gasteiger partial charge >= 0.3 is 0 Å². The van der Waals surface area contributed by atoms with Gasteiger partial charge in [0.2, 0.25) is 0 Å². The summed E-state index contributed by atoms with van der Waals surface area (Å²) < 4.78 is 10.6. The minimum Gasteiger partial charge on any atom is -0.497 e. The number of hydroxylamine groups is 1. The Morgan fingerprint density at radius 2 is 1.77 bits per heavy atom. The fraction of sp³-hybridized carbons (Fsp3) is 0.286. The maximum absolute atomic E-state index is 11.8. The normalized spacial score (nSPS) is 17.2. The van der Waals surface area contributed by atoms with Crippen LogP contribution in [0.3, 0.4) is 0 Å². The third-order valence-corrected chi connectivity index (χ3v) is 4.19. The van der Waals surface area contributed by atoms with Crippen molar-refractivity contribution < 1.29 is 19.1 Å². The molecule has 0 bridgehead atoms. The second-order valence-corrected chi connectivity index (χ2v) is 6.06. The predicted molar refractivity (Wildman–Crippen MR) is 100 cm³/mol. The molecule has 0 aromatic heterocycles. The van der Waals surface area contributed by atoms with Gasteiger partial charge < -0.3 is 9.47 Å². The van der Waals surface area contributed by atoms with E-state index in [2.05, 4.69) is 5.48 Å². The average Bonchev–Trinajstić information content (AvgIpc) is 2.72. The first-order valence-corrected chi connectivity index (χ1v) is 8.74. The standard InChI is InChI=1S/C21H23NO4/c1-24-19-12-10-18(11-13-19)17-8-5-16(6-9-17)7-14-20(23)22-26-21-4-2-3-15-25-21/h5-14,21H,2-4,15H2,1H3,(H,22,23)/b14-7+. The van der Waals surface area contributed by atoms with Crippen molar-refractivity contribution >= 4 is 12.0 Å². The van der Waals surface area contributed by atoms with Crippen LogP contribution >= 0.6 is 0 Å². The molecule has 1 atom stereocenters. The fourth-order valence-electron chi connectivity index (χ4n) is 2.70. The summed E-state index contributed by atoms with van der Waals surface area (Å²) in [6.45, 7) is 0.678. The van der Waals surface area contributed by atoms with Gasteiger partial charge in [-0.25, -0.2) is 10.3 Å². The van der Waals surface area contributed by atoms with Gasteiger partial charge in [0.05, 0.1) is 7.11 Å². The van der Waals surface area contributed by atoms with Crippen LogP contribution in [0.4, 0.5) is 0 Å². The summed E-state index contributed by atoms with van der Waals surface area (Å²) in [4.78, 5) is 17.1. The molecule has 5 nitrogen and oxygen atoms in total. The Bertz CT molecular complexity index is 732. The smallest absolute Gasteiger partial charge is 0.267 e. The van der Waals surface area contributed by atoms with E-state index < -0.39 is 0 Å². The minimum atomic E-state index is -0.343. The third kappa shape index (κ3) is 5.18. The summed E-state index contributed by atoms with van der Waals surface area (Å²) in [5.74, 6) is 0.526. The molecule has 136 valence electrons. The van der Waals surface area contributed by atoms with Gasteiger partial charge in [0.25, 0.3) is 5.91 Å². The van der Waals surface area contributed by atoms with Crippen LogP contribution in [0.1, 0.15) is 24.8 Å². The molecule has 1 saturated heterocycles.